The van der Waals surface area contributed by atoms with Crippen LogP contribution >= 0.6 is 0 Å². The molecule has 0 saturated carbocycles. The Bertz CT molecular complexity index is 2520. The monoisotopic (exact) mass is 938 g/mol. The summed E-state index contributed by atoms with van der Waals surface area (Å²) in [7, 11) is 0. The second kappa shape index (κ2) is 18.1. The van der Waals surface area contributed by atoms with Crippen molar-refractivity contribution in [1.82, 2.24) is 4.98 Å². The lowest BCUT2D eigenvalue weighted by molar-refractivity contribution is -0.685. The second-order valence-corrected chi connectivity index (χ2v) is 12.7. The van der Waals surface area contributed by atoms with Crippen molar-refractivity contribution in [3.63, 3.8) is 0 Å². The summed E-state index contributed by atoms with van der Waals surface area (Å²) >= 11 is 0. The standard InChI is InChI=1S/C24BF20.C14H12FN2O2/c26-5-1(6(27)14(35)21(42)13(5)34)25(2-7(28)15(36)22(43)16(37)8(2)29,3-9(30)17(38)23(44)18(39)10(3)31)4-11(32)19(40)24(45)20(41)12(4)33;15-8-13(18)12-9-16-6-7-17(12)10-14(19)11-4-2-1-3-5-11/h;1-7,9H,8,10H2/q-1;+1. The van der Waals surface area contributed by atoms with Gasteiger partial charge in [0, 0.05) is 5.56 Å². The van der Waals surface area contributed by atoms with Crippen LogP contribution in [0.15, 0.2) is 48.9 Å². The summed E-state index contributed by atoms with van der Waals surface area (Å²) in [4.78, 5) is 27.2. The van der Waals surface area contributed by atoms with Gasteiger partial charge in [-0.1, -0.05) is 30.3 Å². The quantitative estimate of drug-likeness (QED) is 0.0384. The molecule has 0 unspecified atom stereocenters. The second-order valence-electron chi connectivity index (χ2n) is 12.7. The van der Waals surface area contributed by atoms with Crippen molar-refractivity contribution in [1.29, 1.82) is 0 Å². The van der Waals surface area contributed by atoms with Crippen LogP contribution < -0.4 is 26.4 Å². The molecule has 0 radical (unpaired) electrons. The van der Waals surface area contributed by atoms with Gasteiger partial charge in [-0.25, -0.2) is 92.2 Å². The Balaban J connectivity index is 0.000000337. The smallest absolute Gasteiger partial charge is 0.270 e. The van der Waals surface area contributed by atoms with Gasteiger partial charge in [0.1, 0.15) is 58.9 Å². The highest BCUT2D eigenvalue weighted by Gasteiger charge is 2.52. The zero-order valence-electron chi connectivity index (χ0n) is 30.3. The minimum absolute atomic E-state index is 0.0202. The molecule has 0 aliphatic heterocycles. The van der Waals surface area contributed by atoms with Gasteiger partial charge in [0.2, 0.25) is 12.3 Å². The van der Waals surface area contributed by atoms with Crippen molar-refractivity contribution in [2.45, 2.75) is 6.54 Å². The Kier molecular flexibility index (Phi) is 13.6. The fourth-order valence-electron chi connectivity index (χ4n) is 6.57. The number of benzene rings is 5. The molecule has 0 aliphatic rings. The van der Waals surface area contributed by atoms with Crippen LogP contribution in [0.3, 0.4) is 0 Å². The Morgan fingerprint density at radius 2 is 0.703 bits per heavy atom. The molecule has 6 rings (SSSR count). The third-order valence-electron chi connectivity index (χ3n) is 9.36. The van der Waals surface area contributed by atoms with Gasteiger partial charge in [0.05, 0.1) is 6.20 Å². The summed E-state index contributed by atoms with van der Waals surface area (Å²) in [6.45, 7) is -1.13. The molecule has 0 saturated heterocycles. The molecule has 6 aromatic rings. The molecule has 0 atom stereocenters. The highest BCUT2D eigenvalue weighted by atomic mass is 19.2. The van der Waals surface area contributed by atoms with Crippen LogP contribution in [0.1, 0.15) is 20.8 Å². The van der Waals surface area contributed by atoms with Gasteiger partial charge in [-0.05, 0) is 0 Å². The van der Waals surface area contributed by atoms with Crippen molar-refractivity contribution in [3.05, 3.63) is 177 Å². The third-order valence-corrected chi connectivity index (χ3v) is 9.36. The van der Waals surface area contributed by atoms with Crippen molar-refractivity contribution in [2.24, 2.45) is 0 Å². The number of Topliss-reactive ketones (excluding diaryl/α,β-unsaturated/α-hetero) is 2. The zero-order valence-corrected chi connectivity index (χ0v) is 30.3. The first kappa shape index (κ1) is 48.2. The first-order valence-electron chi connectivity index (χ1n) is 16.7. The van der Waals surface area contributed by atoms with Crippen molar-refractivity contribution in [2.75, 3.05) is 6.67 Å². The molecule has 1 heterocycles. The van der Waals surface area contributed by atoms with Crippen LogP contribution in [0, 0.1) is 116 Å². The SMILES string of the molecule is Fc1c(F)c(F)c([B-](c2c(F)c(F)c(F)c(F)c2F)(c2c(F)c(F)c(F)c(F)c2F)c2c(F)c(F)c(F)c(F)c2F)c(F)c1F.O=C(C[n+]1ccncc1C(=O)CF)c1ccccc1. The fourth-order valence-corrected chi connectivity index (χ4v) is 6.57. The van der Waals surface area contributed by atoms with E-state index in [4.69, 9.17) is 0 Å². The van der Waals surface area contributed by atoms with Crippen LogP contribution in [0.4, 0.5) is 92.2 Å². The normalized spacial score (nSPS) is 11.5. The minimum atomic E-state index is -7.22. The average molecular weight is 938 g/mol. The third kappa shape index (κ3) is 7.56. The number of hydrogen-bond acceptors (Lipinski definition) is 3. The van der Waals surface area contributed by atoms with Crippen molar-refractivity contribution in [3.8, 4) is 0 Å². The number of halogens is 21. The van der Waals surface area contributed by atoms with Gasteiger partial charge in [-0.15, -0.1) is 21.9 Å². The van der Waals surface area contributed by atoms with E-state index in [0.29, 0.717) is 5.56 Å². The van der Waals surface area contributed by atoms with Gasteiger partial charge in [0.25, 0.3) is 11.5 Å². The maximum Gasteiger partial charge on any atom is 0.270 e. The van der Waals surface area contributed by atoms with Crippen LogP contribution in [-0.4, -0.2) is 29.4 Å². The van der Waals surface area contributed by atoms with E-state index in [2.05, 4.69) is 4.98 Å². The predicted molar refractivity (Wildman–Crippen MR) is 175 cm³/mol. The Morgan fingerprint density at radius 1 is 0.422 bits per heavy atom. The number of rotatable bonds is 9. The van der Waals surface area contributed by atoms with E-state index in [9.17, 15) is 66.7 Å². The van der Waals surface area contributed by atoms with Crippen LogP contribution in [0.25, 0.3) is 0 Å². The zero-order chi connectivity index (χ0) is 48.0. The van der Waals surface area contributed by atoms with Crippen LogP contribution in [0.2, 0.25) is 0 Å². The summed E-state index contributed by atoms with van der Waals surface area (Å²) in [5.74, 6) is -72.2. The number of hydrogen-bond donors (Lipinski definition) is 0. The van der Waals surface area contributed by atoms with Gasteiger partial charge in [0.15, 0.2) is 82.7 Å². The number of carbonyl (C=O) groups excluding carboxylic acids is 2. The highest BCUT2D eigenvalue weighted by molar-refractivity contribution is 7.20. The molecule has 0 bridgehead atoms. The van der Waals surface area contributed by atoms with Gasteiger partial charge < -0.3 is 0 Å². The van der Waals surface area contributed by atoms with Gasteiger partial charge in [-0.3, -0.25) is 14.6 Å². The maximum atomic E-state index is 15.4. The number of nitrogens with zero attached hydrogens (tertiary/aromatic N) is 2. The fraction of sp³-hybridized carbons (Fsp3) is 0.0526. The summed E-state index contributed by atoms with van der Waals surface area (Å²) < 4.78 is 308. The summed E-state index contributed by atoms with van der Waals surface area (Å²) in [6.07, 6.45) is -3.01. The topological polar surface area (TPSA) is 50.9 Å². The molecule has 64 heavy (non-hydrogen) atoms. The lowest BCUT2D eigenvalue weighted by atomic mass is 9.12. The average Bonchev–Trinajstić information content (AvgIpc) is 3.29. The summed E-state index contributed by atoms with van der Waals surface area (Å²) in [6, 6.07) is 8.73. The maximum absolute atomic E-state index is 15.4. The first-order valence-corrected chi connectivity index (χ1v) is 16.7. The molecule has 26 heteroatoms. The largest absolute Gasteiger partial charge is 0.287 e. The number of ketones is 2. The van der Waals surface area contributed by atoms with Crippen molar-refractivity contribution < 1.29 is 106 Å². The van der Waals surface area contributed by atoms with Gasteiger partial charge >= 0.3 is 0 Å². The Morgan fingerprint density at radius 3 is 0.984 bits per heavy atom. The predicted octanol–water partition coefficient (Wildman–Crippen LogP) is 7.25. The summed E-state index contributed by atoms with van der Waals surface area (Å²) in [5, 5.41) is 0. The Hall–Kier alpha value is -6.89. The van der Waals surface area contributed by atoms with E-state index in [1.165, 1.54) is 23.2 Å². The molecule has 336 valence electrons. The molecular formula is C38H12BF21N2O2. The molecule has 0 fully saturated rings. The van der Waals surface area contributed by atoms with E-state index in [1.807, 2.05) is 6.07 Å². The van der Waals surface area contributed by atoms with Crippen LogP contribution in [-0.2, 0) is 6.54 Å². The van der Waals surface area contributed by atoms with E-state index < -0.39 is 157 Å². The lowest BCUT2D eigenvalue weighted by Crippen LogP contribution is -2.81. The van der Waals surface area contributed by atoms with Crippen LogP contribution in [0.5, 0.6) is 0 Å². The van der Waals surface area contributed by atoms with Crippen molar-refractivity contribution >= 4 is 39.6 Å². The molecule has 0 N–H and O–H groups in total. The van der Waals surface area contributed by atoms with E-state index in [-0.39, 0.29) is 18.0 Å². The molecule has 1 aromatic heterocycles. The number of carbonyl (C=O) groups is 2. The van der Waals surface area contributed by atoms with E-state index in [0.717, 1.165) is 0 Å². The van der Waals surface area contributed by atoms with Gasteiger partial charge in [-0.2, -0.15) is 4.57 Å². The molecule has 0 amide bonds. The number of aromatic nitrogens is 2. The van der Waals surface area contributed by atoms with E-state index in [1.54, 1.807) is 24.3 Å². The van der Waals surface area contributed by atoms with E-state index >= 15 is 35.1 Å². The highest BCUT2D eigenvalue weighted by Crippen LogP contribution is 2.30. The number of alkyl halides is 1. The lowest BCUT2D eigenvalue weighted by Gasteiger charge is -2.44. The molecule has 5 aromatic carbocycles. The molecule has 0 aliphatic carbocycles. The molecule has 4 nitrogen and oxygen atoms in total. The first-order chi connectivity index (χ1) is 29.9. The minimum Gasteiger partial charge on any atom is -0.287 e. The molecule has 0 spiro atoms. The Labute approximate surface area is 340 Å². The summed E-state index contributed by atoms with van der Waals surface area (Å²) in [5.41, 5.74) is -13.7. The molecular weight excluding hydrogens is 926 g/mol.